The van der Waals surface area contributed by atoms with Crippen LogP contribution in [0.25, 0.3) is 0 Å². The number of hydrogen-bond donors (Lipinski definition) is 1. The topological polar surface area (TPSA) is 43.1 Å². The fourth-order valence-corrected chi connectivity index (χ4v) is 3.10. The first kappa shape index (κ1) is 10.7. The lowest BCUT2D eigenvalue weighted by atomic mass is 9.83. The summed E-state index contributed by atoms with van der Waals surface area (Å²) in [6.45, 7) is 2.65. The minimum absolute atomic E-state index is 0.0215. The molecule has 0 spiro atoms. The smallest absolute Gasteiger partial charge is 0.135 e. The monoisotopic (exact) mass is 221 g/mol. The highest BCUT2D eigenvalue weighted by atomic mass is 32.2. The SMILES string of the molecule is Cc1ccc(SC2(CN)CC(=O)C2)cc1. The van der Waals surface area contributed by atoms with E-state index >= 15 is 0 Å². The zero-order valence-corrected chi connectivity index (χ0v) is 9.64. The summed E-state index contributed by atoms with van der Waals surface area (Å²) >= 11 is 1.74. The molecule has 1 saturated carbocycles. The third kappa shape index (κ3) is 2.24. The first-order valence-corrected chi connectivity index (χ1v) is 5.93. The molecule has 2 N–H and O–H groups in total. The highest BCUT2D eigenvalue weighted by Crippen LogP contribution is 2.44. The third-order valence-electron chi connectivity index (χ3n) is 2.77. The van der Waals surface area contributed by atoms with Gasteiger partial charge < -0.3 is 5.73 Å². The van der Waals surface area contributed by atoms with Crippen LogP contribution in [0.2, 0.25) is 0 Å². The molecule has 0 radical (unpaired) electrons. The van der Waals surface area contributed by atoms with E-state index in [1.54, 1.807) is 11.8 Å². The molecule has 0 aromatic heterocycles. The van der Waals surface area contributed by atoms with E-state index < -0.39 is 0 Å². The number of benzene rings is 1. The number of thioether (sulfide) groups is 1. The minimum Gasteiger partial charge on any atom is -0.329 e. The first-order chi connectivity index (χ1) is 7.13. The van der Waals surface area contributed by atoms with Gasteiger partial charge in [0.25, 0.3) is 0 Å². The van der Waals surface area contributed by atoms with Crippen molar-refractivity contribution in [1.82, 2.24) is 0 Å². The second-order valence-corrected chi connectivity index (χ2v) is 5.74. The van der Waals surface area contributed by atoms with Gasteiger partial charge in [-0.25, -0.2) is 0 Å². The Morgan fingerprint density at radius 2 is 1.93 bits per heavy atom. The molecule has 2 rings (SSSR count). The van der Waals surface area contributed by atoms with Crippen LogP contribution in [0.5, 0.6) is 0 Å². The molecule has 0 unspecified atom stereocenters. The molecule has 1 aromatic rings. The van der Waals surface area contributed by atoms with Crippen molar-refractivity contribution in [2.24, 2.45) is 5.73 Å². The average Bonchev–Trinajstić information content (AvgIpc) is 2.18. The Labute approximate surface area is 94.2 Å². The standard InChI is InChI=1S/C12H15NOS/c1-9-2-4-11(5-3-9)15-12(8-13)6-10(14)7-12/h2-5H,6-8,13H2,1H3. The first-order valence-electron chi connectivity index (χ1n) is 5.11. The third-order valence-corrected chi connectivity index (χ3v) is 4.16. The largest absolute Gasteiger partial charge is 0.329 e. The van der Waals surface area contributed by atoms with E-state index in [4.69, 9.17) is 5.73 Å². The Balaban J connectivity index is 2.07. The van der Waals surface area contributed by atoms with E-state index in [-0.39, 0.29) is 4.75 Å². The quantitative estimate of drug-likeness (QED) is 0.850. The van der Waals surface area contributed by atoms with Crippen molar-refractivity contribution < 1.29 is 4.79 Å². The second kappa shape index (κ2) is 3.99. The van der Waals surface area contributed by atoms with E-state index in [9.17, 15) is 4.79 Å². The fourth-order valence-electron chi connectivity index (χ4n) is 1.78. The van der Waals surface area contributed by atoms with Gasteiger partial charge in [0.05, 0.1) is 0 Å². The molecule has 0 atom stereocenters. The summed E-state index contributed by atoms with van der Waals surface area (Å²) in [5, 5.41) is 0. The molecule has 0 amide bonds. The van der Waals surface area contributed by atoms with E-state index in [1.165, 1.54) is 10.5 Å². The molecule has 1 aromatic carbocycles. The van der Waals surface area contributed by atoms with Crippen LogP contribution in [-0.4, -0.2) is 17.1 Å². The van der Waals surface area contributed by atoms with Gasteiger partial charge >= 0.3 is 0 Å². The molecule has 1 fully saturated rings. The summed E-state index contributed by atoms with van der Waals surface area (Å²) in [5.74, 6) is 0.333. The molecule has 2 nitrogen and oxygen atoms in total. The molecule has 3 heteroatoms. The molecule has 1 aliphatic carbocycles. The van der Waals surface area contributed by atoms with Crippen molar-refractivity contribution in [3.63, 3.8) is 0 Å². The fraction of sp³-hybridized carbons (Fsp3) is 0.417. The van der Waals surface area contributed by atoms with Gasteiger partial charge in [0.1, 0.15) is 5.78 Å². The summed E-state index contributed by atoms with van der Waals surface area (Å²) in [4.78, 5) is 12.3. The molecule has 0 saturated heterocycles. The molecule has 1 aliphatic rings. The van der Waals surface area contributed by atoms with Gasteiger partial charge in [-0.15, -0.1) is 11.8 Å². The number of aryl methyl sites for hydroxylation is 1. The Morgan fingerprint density at radius 3 is 2.40 bits per heavy atom. The summed E-state index contributed by atoms with van der Waals surface area (Å²) in [5.41, 5.74) is 6.99. The van der Waals surface area contributed by atoms with Gasteiger partial charge in [-0.05, 0) is 19.1 Å². The summed E-state index contributed by atoms with van der Waals surface area (Å²) in [7, 11) is 0. The predicted octanol–water partition coefficient (Wildman–Crippen LogP) is 2.15. The maximum atomic E-state index is 11.0. The van der Waals surface area contributed by atoms with Crippen molar-refractivity contribution in [2.75, 3.05) is 6.54 Å². The molecular formula is C12H15NOS. The number of nitrogens with two attached hydrogens (primary N) is 1. The Kier molecular flexibility index (Phi) is 2.85. The number of carbonyl (C=O) groups is 1. The zero-order chi connectivity index (χ0) is 10.9. The van der Waals surface area contributed by atoms with Crippen LogP contribution in [0.15, 0.2) is 29.2 Å². The molecule has 0 aliphatic heterocycles. The summed E-state index contributed by atoms with van der Waals surface area (Å²) < 4.78 is -0.0215. The average molecular weight is 221 g/mol. The maximum absolute atomic E-state index is 11.0. The lowest BCUT2D eigenvalue weighted by Crippen LogP contribution is -2.47. The van der Waals surface area contributed by atoms with Gasteiger partial charge in [-0.1, -0.05) is 17.7 Å². The van der Waals surface area contributed by atoms with Crippen LogP contribution in [0.1, 0.15) is 18.4 Å². The van der Waals surface area contributed by atoms with Crippen LogP contribution in [0, 0.1) is 6.92 Å². The van der Waals surface area contributed by atoms with Gasteiger partial charge in [-0.2, -0.15) is 0 Å². The summed E-state index contributed by atoms with van der Waals surface area (Å²) in [6.07, 6.45) is 1.25. The zero-order valence-electron chi connectivity index (χ0n) is 8.82. The lowest BCUT2D eigenvalue weighted by molar-refractivity contribution is -0.125. The summed E-state index contributed by atoms with van der Waals surface area (Å²) in [6, 6.07) is 8.38. The van der Waals surface area contributed by atoms with Gasteiger partial charge in [0, 0.05) is 29.0 Å². The van der Waals surface area contributed by atoms with Gasteiger partial charge in [0.15, 0.2) is 0 Å². The van der Waals surface area contributed by atoms with Crippen LogP contribution >= 0.6 is 11.8 Å². The van der Waals surface area contributed by atoms with E-state index in [2.05, 4.69) is 31.2 Å². The van der Waals surface area contributed by atoms with Crippen molar-refractivity contribution in [2.45, 2.75) is 29.4 Å². The Morgan fingerprint density at radius 1 is 1.33 bits per heavy atom. The van der Waals surface area contributed by atoms with Crippen molar-refractivity contribution in [3.8, 4) is 0 Å². The van der Waals surface area contributed by atoms with Crippen molar-refractivity contribution >= 4 is 17.5 Å². The van der Waals surface area contributed by atoms with Crippen LogP contribution in [0.4, 0.5) is 0 Å². The van der Waals surface area contributed by atoms with Crippen LogP contribution in [-0.2, 0) is 4.79 Å². The molecule has 15 heavy (non-hydrogen) atoms. The Hall–Kier alpha value is -0.800. The number of ketones is 1. The van der Waals surface area contributed by atoms with Gasteiger partial charge in [0.2, 0.25) is 0 Å². The molecular weight excluding hydrogens is 206 g/mol. The van der Waals surface area contributed by atoms with E-state index in [0.29, 0.717) is 25.2 Å². The highest BCUT2D eigenvalue weighted by Gasteiger charge is 2.43. The predicted molar refractivity (Wildman–Crippen MR) is 63.1 cm³/mol. The van der Waals surface area contributed by atoms with E-state index in [0.717, 1.165) is 0 Å². The van der Waals surface area contributed by atoms with Crippen LogP contribution < -0.4 is 5.73 Å². The Bertz CT molecular complexity index is 364. The van der Waals surface area contributed by atoms with Gasteiger partial charge in [-0.3, -0.25) is 4.79 Å². The number of carbonyl (C=O) groups excluding carboxylic acids is 1. The van der Waals surface area contributed by atoms with Crippen molar-refractivity contribution in [3.05, 3.63) is 29.8 Å². The second-order valence-electron chi connectivity index (χ2n) is 4.19. The van der Waals surface area contributed by atoms with Crippen LogP contribution in [0.3, 0.4) is 0 Å². The maximum Gasteiger partial charge on any atom is 0.135 e. The lowest BCUT2D eigenvalue weighted by Gasteiger charge is -2.38. The molecule has 0 heterocycles. The number of Topliss-reactive ketones (excluding diaryl/α,β-unsaturated/α-hetero) is 1. The molecule has 80 valence electrons. The normalized spacial score (nSPS) is 18.7. The minimum atomic E-state index is -0.0215. The number of rotatable bonds is 3. The number of hydrogen-bond acceptors (Lipinski definition) is 3. The van der Waals surface area contributed by atoms with E-state index in [1.807, 2.05) is 0 Å². The highest BCUT2D eigenvalue weighted by molar-refractivity contribution is 8.00. The van der Waals surface area contributed by atoms with Crippen molar-refractivity contribution in [1.29, 1.82) is 0 Å². The molecule has 0 bridgehead atoms.